The van der Waals surface area contributed by atoms with Gasteiger partial charge >= 0.3 is 40.8 Å². The Balaban J connectivity index is -0.000000273. The number of hydrogen-bond donors (Lipinski definition) is 0. The van der Waals surface area contributed by atoms with Crippen LogP contribution in [0.15, 0.2) is 0 Å². The molecule has 0 bridgehead atoms. The number of carbonyl (C=O) groups excluding carboxylic acids is 4. The van der Waals surface area contributed by atoms with Crippen LogP contribution in [0.25, 0.3) is 0 Å². The maximum absolute atomic E-state index is 10.4. The summed E-state index contributed by atoms with van der Waals surface area (Å²) in [6, 6.07) is 0. The van der Waals surface area contributed by atoms with E-state index in [1.807, 2.05) is 0 Å². The van der Waals surface area contributed by atoms with Gasteiger partial charge in [-0.1, -0.05) is 13.8 Å². The van der Waals surface area contributed by atoms with Crippen LogP contribution in [0.2, 0.25) is 0 Å². The number of Topliss-reactive ketones (excluding diaryl/α,β-unsaturated/α-hetero) is 2. The van der Waals surface area contributed by atoms with Gasteiger partial charge in [-0.2, -0.15) is 0 Å². The normalized spacial score (nSPS) is 11.4. The minimum atomic E-state index is -1.27. The second kappa shape index (κ2) is 17.3. The Kier molecular flexibility index (Phi) is 20.1. The molecule has 0 N–H and O–H groups in total. The molecule has 0 radical (unpaired) electrons. The van der Waals surface area contributed by atoms with E-state index in [1.165, 1.54) is 13.8 Å². The molecule has 0 aromatic rings. The molecule has 0 spiro atoms. The summed E-state index contributed by atoms with van der Waals surface area (Å²) in [6.45, 7) is 5.79. The van der Waals surface area contributed by atoms with E-state index in [1.54, 1.807) is 28.1 Å². The molecule has 132 valence electrons. The van der Waals surface area contributed by atoms with Gasteiger partial charge in [0.2, 0.25) is 0 Å². The zero-order valence-corrected chi connectivity index (χ0v) is 15.9. The van der Waals surface area contributed by atoms with Crippen molar-refractivity contribution in [1.29, 1.82) is 0 Å². The van der Waals surface area contributed by atoms with Crippen LogP contribution in [0, 0.1) is 11.8 Å². The Labute approximate surface area is 146 Å². The molecule has 0 fully saturated rings. The standard InChI is InChI=1S/2C6H10O3.2CH3O.Ti/c2*1-3-5(4(2)7)6(8)9;2*1-2;/h2*5H,3H2,1-2H3,(H,8,9);2*1H3;/q;;2*-1;+4/p-2. The molecular weight excluding hydrogens is 344 g/mol. The van der Waals surface area contributed by atoms with Crippen LogP contribution < -0.4 is 10.2 Å². The van der Waals surface area contributed by atoms with Gasteiger partial charge in [0.1, 0.15) is 11.6 Å². The van der Waals surface area contributed by atoms with Crippen molar-refractivity contribution in [2.45, 2.75) is 40.5 Å². The van der Waals surface area contributed by atoms with E-state index in [2.05, 4.69) is 6.64 Å². The maximum atomic E-state index is 10.4. The fourth-order valence-electron chi connectivity index (χ4n) is 1.32. The first-order chi connectivity index (χ1) is 10.6. The summed E-state index contributed by atoms with van der Waals surface area (Å²) < 4.78 is 9.19. The molecule has 2 atom stereocenters. The second-order valence-electron chi connectivity index (χ2n) is 4.27. The second-order valence-corrected chi connectivity index (χ2v) is 5.81. The van der Waals surface area contributed by atoms with E-state index in [-0.39, 0.29) is 11.6 Å². The van der Waals surface area contributed by atoms with Gasteiger partial charge in [-0.15, -0.1) is 0 Å². The van der Waals surface area contributed by atoms with Crippen LogP contribution in [0.5, 0.6) is 0 Å². The van der Waals surface area contributed by atoms with Crippen LogP contribution in [0.3, 0.4) is 0 Å². The molecule has 0 aromatic heterocycles. The summed E-state index contributed by atoms with van der Waals surface area (Å²) in [5.41, 5.74) is 0. The monoisotopic (exact) mass is 368 g/mol. The number of rotatable bonds is 8. The first-order valence-corrected chi connectivity index (χ1v) is 8.11. The number of aliphatic carboxylic acids is 2. The van der Waals surface area contributed by atoms with E-state index < -0.39 is 43.7 Å². The number of ketones is 2. The predicted molar refractivity (Wildman–Crippen MR) is 73.0 cm³/mol. The van der Waals surface area contributed by atoms with Crippen molar-refractivity contribution in [2.75, 3.05) is 14.2 Å². The summed E-state index contributed by atoms with van der Waals surface area (Å²) in [7, 11) is 3.28. The average Bonchev–Trinajstić information content (AvgIpc) is 2.40. The molecule has 0 amide bonds. The van der Waals surface area contributed by atoms with Gasteiger partial charge in [0.15, 0.2) is 0 Å². The molecule has 8 nitrogen and oxygen atoms in total. The first kappa shape index (κ1) is 26.8. The van der Waals surface area contributed by atoms with E-state index >= 15 is 0 Å². The molecule has 0 saturated carbocycles. The Morgan fingerprint density at radius 3 is 1.09 bits per heavy atom. The van der Waals surface area contributed by atoms with Crippen molar-refractivity contribution in [3.05, 3.63) is 0 Å². The molecule has 0 rings (SSSR count). The van der Waals surface area contributed by atoms with Crippen molar-refractivity contribution >= 4 is 23.5 Å². The molecule has 0 saturated heterocycles. The Hall–Kier alpha value is -1.09. The summed E-state index contributed by atoms with van der Waals surface area (Å²) in [6.07, 6.45) is 0.634. The molecule has 23 heavy (non-hydrogen) atoms. The number of carboxylic acid groups (broad SMARTS) is 2. The zero-order chi connectivity index (χ0) is 19.0. The quantitative estimate of drug-likeness (QED) is 0.389. The Morgan fingerprint density at radius 1 is 0.826 bits per heavy atom. The summed E-state index contributed by atoms with van der Waals surface area (Å²) in [5, 5.41) is 20.1. The molecular formula is C14H24O8Ti. The summed E-state index contributed by atoms with van der Waals surface area (Å²) >= 11 is -0.472. The van der Waals surface area contributed by atoms with E-state index in [9.17, 15) is 29.4 Å². The third-order valence-corrected chi connectivity index (χ3v) is 3.05. The zero-order valence-electron chi connectivity index (χ0n) is 14.3. The summed E-state index contributed by atoms with van der Waals surface area (Å²) in [5.74, 6) is -5.04. The van der Waals surface area contributed by atoms with Gasteiger partial charge in [0, 0.05) is 0 Å². The third-order valence-electron chi connectivity index (χ3n) is 2.53. The van der Waals surface area contributed by atoms with Crippen LogP contribution >= 0.6 is 0 Å². The van der Waals surface area contributed by atoms with Gasteiger partial charge in [-0.25, -0.2) is 0 Å². The third kappa shape index (κ3) is 17.1. The van der Waals surface area contributed by atoms with Crippen LogP contribution in [-0.2, 0) is 45.7 Å². The molecule has 0 aliphatic rings. The van der Waals surface area contributed by atoms with Gasteiger partial charge in [0.25, 0.3) is 0 Å². The van der Waals surface area contributed by atoms with Crippen molar-refractivity contribution in [2.24, 2.45) is 11.8 Å². The molecule has 0 aliphatic heterocycles. The van der Waals surface area contributed by atoms with Crippen LogP contribution in [0.1, 0.15) is 40.5 Å². The first-order valence-electron chi connectivity index (χ1n) is 6.83. The fourth-order valence-corrected chi connectivity index (χ4v) is 1.58. The SMILES string of the molecule is CCC(C(C)=O)C(=O)[O-].CCC(C(C)=O)C(=O)[O-].C[O][Ti+2][O]C. The molecule has 9 heteroatoms. The average molecular weight is 368 g/mol. The van der Waals surface area contributed by atoms with Crippen LogP contribution in [0.4, 0.5) is 0 Å². The Bertz CT molecular complexity index is 308. The van der Waals surface area contributed by atoms with Crippen molar-refractivity contribution in [1.82, 2.24) is 0 Å². The van der Waals surface area contributed by atoms with Crippen molar-refractivity contribution in [3.8, 4) is 0 Å². The van der Waals surface area contributed by atoms with Gasteiger partial charge in [-0.05, 0) is 26.7 Å². The predicted octanol–water partition coefficient (Wildman–Crippen LogP) is -1.11. The summed E-state index contributed by atoms with van der Waals surface area (Å²) in [4.78, 5) is 40.9. The van der Waals surface area contributed by atoms with E-state index in [4.69, 9.17) is 0 Å². The minimum absolute atomic E-state index is 0.317. The van der Waals surface area contributed by atoms with Crippen LogP contribution in [-0.4, -0.2) is 37.7 Å². The molecule has 0 aromatic carbocycles. The fraction of sp³-hybridized carbons (Fsp3) is 0.714. The van der Waals surface area contributed by atoms with Gasteiger partial charge in [-0.3, -0.25) is 9.59 Å². The molecule has 0 heterocycles. The van der Waals surface area contributed by atoms with Crippen molar-refractivity contribution < 1.29 is 56.0 Å². The number of hydrogen-bond acceptors (Lipinski definition) is 8. The van der Waals surface area contributed by atoms with E-state index in [0.29, 0.717) is 12.8 Å². The Morgan fingerprint density at radius 2 is 1.09 bits per heavy atom. The van der Waals surface area contributed by atoms with E-state index in [0.717, 1.165) is 0 Å². The van der Waals surface area contributed by atoms with Crippen molar-refractivity contribution in [3.63, 3.8) is 0 Å². The van der Waals surface area contributed by atoms with Gasteiger partial charge in [0.05, 0.1) is 23.8 Å². The topological polar surface area (TPSA) is 133 Å². The number of carbonyl (C=O) groups is 4. The number of carboxylic acids is 2. The van der Waals surface area contributed by atoms with Gasteiger partial charge < -0.3 is 19.8 Å². The molecule has 2 unspecified atom stereocenters. The molecule has 0 aliphatic carbocycles.